The summed E-state index contributed by atoms with van der Waals surface area (Å²) in [6.45, 7) is 8.69. The highest BCUT2D eigenvalue weighted by molar-refractivity contribution is 7.18. The normalized spacial score (nSPS) is 11.3. The molecule has 17 heavy (non-hydrogen) atoms. The molecule has 0 saturated carbocycles. The van der Waals surface area contributed by atoms with Crippen LogP contribution in [-0.2, 0) is 0 Å². The Hall–Kier alpha value is -1.14. The predicted molar refractivity (Wildman–Crippen MR) is 72.3 cm³/mol. The van der Waals surface area contributed by atoms with E-state index in [1.807, 2.05) is 6.92 Å². The molecule has 1 heterocycles. The van der Waals surface area contributed by atoms with E-state index in [9.17, 15) is 9.59 Å². The van der Waals surface area contributed by atoms with Crippen LogP contribution in [0.25, 0.3) is 0 Å². The minimum absolute atomic E-state index is 0.164. The summed E-state index contributed by atoms with van der Waals surface area (Å²) in [5, 5.41) is 12.6. The van der Waals surface area contributed by atoms with E-state index in [4.69, 9.17) is 5.11 Å². The van der Waals surface area contributed by atoms with Crippen molar-refractivity contribution < 1.29 is 14.7 Å². The van der Waals surface area contributed by atoms with Gasteiger partial charge in [-0.05, 0) is 18.2 Å². The second kappa shape index (κ2) is 5.01. The van der Waals surface area contributed by atoms with Crippen LogP contribution in [0, 0.1) is 0 Å². The monoisotopic (exact) mass is 271 g/mol. The summed E-state index contributed by atoms with van der Waals surface area (Å²) < 4.78 is 0. The number of amides is 1. The molecule has 0 atom stereocenters. The van der Waals surface area contributed by atoms with Gasteiger partial charge in [0.2, 0.25) is 0 Å². The van der Waals surface area contributed by atoms with Gasteiger partial charge in [-0.25, -0.2) is 4.79 Å². The Morgan fingerprint density at radius 1 is 1.41 bits per heavy atom. The average Bonchev–Trinajstić information content (AvgIpc) is 2.61. The highest BCUT2D eigenvalue weighted by Crippen LogP contribution is 2.19. The number of carbonyl (C=O) groups is 2. The SMILES string of the molecule is CCNC(=O)c1sc(C(=O)O)cc1[Si](C)(C)C. The Morgan fingerprint density at radius 2 is 2.00 bits per heavy atom. The summed E-state index contributed by atoms with van der Waals surface area (Å²) in [5.41, 5.74) is 0. The maximum atomic E-state index is 11.9. The molecule has 6 heteroatoms. The first-order valence-electron chi connectivity index (χ1n) is 5.43. The predicted octanol–water partition coefficient (Wildman–Crippen LogP) is 1.74. The number of hydrogen-bond acceptors (Lipinski definition) is 3. The zero-order valence-corrected chi connectivity index (χ0v) is 12.3. The van der Waals surface area contributed by atoms with Crippen molar-refractivity contribution in [2.24, 2.45) is 0 Å². The van der Waals surface area contributed by atoms with Crippen LogP contribution in [0.3, 0.4) is 0 Å². The molecule has 0 aliphatic heterocycles. The zero-order chi connectivity index (χ0) is 13.2. The van der Waals surface area contributed by atoms with Crippen molar-refractivity contribution in [2.45, 2.75) is 26.6 Å². The number of thiophene rings is 1. The molecular weight excluding hydrogens is 254 g/mol. The van der Waals surface area contributed by atoms with Crippen molar-refractivity contribution >= 4 is 36.5 Å². The fraction of sp³-hybridized carbons (Fsp3) is 0.455. The van der Waals surface area contributed by atoms with Crippen LogP contribution in [-0.4, -0.2) is 31.6 Å². The summed E-state index contributed by atoms with van der Waals surface area (Å²) in [6.07, 6.45) is 0. The number of carboxylic acid groups (broad SMARTS) is 1. The average molecular weight is 271 g/mol. The second-order valence-electron chi connectivity index (χ2n) is 4.77. The number of nitrogens with one attached hydrogen (secondary N) is 1. The smallest absolute Gasteiger partial charge is 0.345 e. The van der Waals surface area contributed by atoms with Gasteiger partial charge in [0.1, 0.15) is 4.88 Å². The van der Waals surface area contributed by atoms with Crippen LogP contribution in [0.2, 0.25) is 19.6 Å². The van der Waals surface area contributed by atoms with Gasteiger partial charge in [0.05, 0.1) is 13.0 Å². The molecule has 1 aromatic heterocycles. The van der Waals surface area contributed by atoms with Crippen LogP contribution in [0.15, 0.2) is 6.07 Å². The lowest BCUT2D eigenvalue weighted by Gasteiger charge is -2.16. The molecule has 0 saturated heterocycles. The van der Waals surface area contributed by atoms with E-state index in [0.717, 1.165) is 16.5 Å². The summed E-state index contributed by atoms with van der Waals surface area (Å²) in [5.74, 6) is -1.13. The van der Waals surface area contributed by atoms with Crippen molar-refractivity contribution in [1.82, 2.24) is 5.32 Å². The van der Waals surface area contributed by atoms with Gasteiger partial charge in [-0.15, -0.1) is 11.3 Å². The minimum Gasteiger partial charge on any atom is -0.477 e. The molecule has 0 fully saturated rings. The van der Waals surface area contributed by atoms with Crippen molar-refractivity contribution in [3.8, 4) is 0 Å². The van der Waals surface area contributed by atoms with E-state index in [2.05, 4.69) is 25.0 Å². The molecule has 4 nitrogen and oxygen atoms in total. The van der Waals surface area contributed by atoms with Gasteiger partial charge >= 0.3 is 5.97 Å². The Bertz CT molecular complexity index is 448. The van der Waals surface area contributed by atoms with E-state index in [1.165, 1.54) is 0 Å². The maximum Gasteiger partial charge on any atom is 0.345 e. The van der Waals surface area contributed by atoms with E-state index < -0.39 is 14.0 Å². The Labute approximate surface area is 106 Å². The fourth-order valence-corrected chi connectivity index (χ4v) is 4.83. The zero-order valence-electron chi connectivity index (χ0n) is 10.5. The van der Waals surface area contributed by atoms with Crippen molar-refractivity contribution in [3.05, 3.63) is 15.8 Å². The molecule has 1 rings (SSSR count). The quantitative estimate of drug-likeness (QED) is 0.820. The first-order chi connectivity index (χ1) is 7.77. The number of carboxylic acids is 1. The third-order valence-electron chi connectivity index (χ3n) is 2.29. The van der Waals surface area contributed by atoms with Gasteiger partial charge in [-0.3, -0.25) is 4.79 Å². The number of hydrogen-bond donors (Lipinski definition) is 2. The molecular formula is C11H17NO3SSi. The van der Waals surface area contributed by atoms with Gasteiger partial charge in [-0.2, -0.15) is 0 Å². The summed E-state index contributed by atoms with van der Waals surface area (Å²) >= 11 is 1.07. The molecule has 0 radical (unpaired) electrons. The molecule has 0 unspecified atom stereocenters. The van der Waals surface area contributed by atoms with Gasteiger partial charge < -0.3 is 10.4 Å². The number of aromatic carboxylic acids is 1. The van der Waals surface area contributed by atoms with Crippen molar-refractivity contribution in [2.75, 3.05) is 6.54 Å². The standard InChI is InChI=1S/C11H17NO3SSi/c1-5-12-10(13)9-8(17(2,3)4)6-7(16-9)11(14)15/h6H,5H2,1-4H3,(H,12,13)(H,14,15). The van der Waals surface area contributed by atoms with Crippen molar-refractivity contribution in [1.29, 1.82) is 0 Å². The van der Waals surface area contributed by atoms with Gasteiger partial charge in [-0.1, -0.05) is 19.6 Å². The topological polar surface area (TPSA) is 66.4 Å². The molecule has 0 aliphatic carbocycles. The fourth-order valence-electron chi connectivity index (χ4n) is 1.46. The molecule has 1 amide bonds. The lowest BCUT2D eigenvalue weighted by Crippen LogP contribution is -2.41. The van der Waals surface area contributed by atoms with E-state index in [1.54, 1.807) is 6.07 Å². The Morgan fingerprint density at radius 3 is 2.41 bits per heavy atom. The Balaban J connectivity index is 3.26. The van der Waals surface area contributed by atoms with Crippen LogP contribution in [0.5, 0.6) is 0 Å². The van der Waals surface area contributed by atoms with Crippen molar-refractivity contribution in [3.63, 3.8) is 0 Å². The van der Waals surface area contributed by atoms with E-state index >= 15 is 0 Å². The number of rotatable bonds is 4. The third kappa shape index (κ3) is 3.16. The van der Waals surface area contributed by atoms with Crippen LogP contribution < -0.4 is 10.5 Å². The molecule has 2 N–H and O–H groups in total. The Kier molecular flexibility index (Phi) is 4.10. The molecule has 0 bridgehead atoms. The number of carbonyl (C=O) groups excluding carboxylic acids is 1. The molecule has 1 aromatic rings. The van der Waals surface area contributed by atoms with E-state index in [-0.39, 0.29) is 10.8 Å². The maximum absolute atomic E-state index is 11.9. The van der Waals surface area contributed by atoms with Gasteiger partial charge in [0.15, 0.2) is 0 Å². The van der Waals surface area contributed by atoms with E-state index in [0.29, 0.717) is 11.4 Å². The summed E-state index contributed by atoms with van der Waals surface area (Å²) in [6, 6.07) is 1.66. The van der Waals surface area contributed by atoms with Crippen LogP contribution in [0.4, 0.5) is 0 Å². The highest BCUT2D eigenvalue weighted by Gasteiger charge is 2.27. The lowest BCUT2D eigenvalue weighted by atomic mass is 10.4. The molecule has 94 valence electrons. The van der Waals surface area contributed by atoms with Gasteiger partial charge in [0, 0.05) is 6.54 Å². The van der Waals surface area contributed by atoms with Crippen LogP contribution >= 0.6 is 11.3 Å². The third-order valence-corrected chi connectivity index (χ3v) is 5.61. The first kappa shape index (κ1) is 13.9. The highest BCUT2D eigenvalue weighted by atomic mass is 32.1. The molecule has 0 aliphatic rings. The first-order valence-corrected chi connectivity index (χ1v) is 9.74. The van der Waals surface area contributed by atoms with Crippen LogP contribution in [0.1, 0.15) is 26.3 Å². The molecule has 0 aromatic carbocycles. The largest absolute Gasteiger partial charge is 0.477 e. The summed E-state index contributed by atoms with van der Waals surface area (Å²) in [4.78, 5) is 23.6. The minimum atomic E-state index is -1.71. The summed E-state index contributed by atoms with van der Waals surface area (Å²) in [7, 11) is -1.71. The second-order valence-corrected chi connectivity index (χ2v) is 10.9. The molecule has 0 spiro atoms. The lowest BCUT2D eigenvalue weighted by molar-refractivity contribution is 0.0702. The van der Waals surface area contributed by atoms with Gasteiger partial charge in [0.25, 0.3) is 5.91 Å².